The molecule has 1 saturated heterocycles. The first-order valence-corrected chi connectivity index (χ1v) is 9.56. The molecule has 0 spiro atoms. The van der Waals surface area contributed by atoms with Gasteiger partial charge in [0.1, 0.15) is 5.75 Å². The molecule has 8 heteroatoms. The molecular formula is C16H25N3O4S. The largest absolute Gasteiger partial charge is 0.496 e. The molecule has 1 heterocycles. The quantitative estimate of drug-likeness (QED) is 0.786. The zero-order valence-corrected chi connectivity index (χ0v) is 14.9. The van der Waals surface area contributed by atoms with E-state index < -0.39 is 10.0 Å². The molecule has 0 radical (unpaired) electrons. The number of hydrogen-bond donors (Lipinski definition) is 2. The van der Waals surface area contributed by atoms with Crippen molar-refractivity contribution in [2.75, 3.05) is 33.8 Å². The van der Waals surface area contributed by atoms with Crippen molar-refractivity contribution in [3.8, 4) is 5.75 Å². The SMILES string of the molecule is CNCCC1CCN(C(=O)c2cc(S(N)(=O)=O)ccc2OC)CC1. The number of ether oxygens (including phenoxy) is 1. The molecule has 134 valence electrons. The normalized spacial score (nSPS) is 16.2. The van der Waals surface area contributed by atoms with Gasteiger partial charge in [-0.25, -0.2) is 13.6 Å². The van der Waals surface area contributed by atoms with Crippen LogP contribution in [0.5, 0.6) is 5.75 Å². The smallest absolute Gasteiger partial charge is 0.257 e. The molecule has 24 heavy (non-hydrogen) atoms. The highest BCUT2D eigenvalue weighted by atomic mass is 32.2. The Bertz CT molecular complexity index is 683. The van der Waals surface area contributed by atoms with Crippen LogP contribution in [-0.2, 0) is 10.0 Å². The van der Waals surface area contributed by atoms with Crippen molar-refractivity contribution in [2.24, 2.45) is 11.1 Å². The summed E-state index contributed by atoms with van der Waals surface area (Å²) in [6.07, 6.45) is 3.00. The van der Waals surface area contributed by atoms with E-state index in [9.17, 15) is 13.2 Å². The van der Waals surface area contributed by atoms with Crippen LogP contribution in [0.2, 0.25) is 0 Å². The molecule has 7 nitrogen and oxygen atoms in total. The highest BCUT2D eigenvalue weighted by molar-refractivity contribution is 7.89. The summed E-state index contributed by atoms with van der Waals surface area (Å²) < 4.78 is 28.3. The zero-order chi connectivity index (χ0) is 17.7. The van der Waals surface area contributed by atoms with E-state index in [1.165, 1.54) is 25.3 Å². The second kappa shape index (κ2) is 7.96. The molecule has 1 aromatic carbocycles. The van der Waals surface area contributed by atoms with Crippen molar-refractivity contribution in [2.45, 2.75) is 24.2 Å². The number of nitrogens with two attached hydrogens (primary N) is 1. The van der Waals surface area contributed by atoms with Crippen LogP contribution in [0.3, 0.4) is 0 Å². The van der Waals surface area contributed by atoms with Crippen LogP contribution in [0.25, 0.3) is 0 Å². The molecule has 1 aliphatic heterocycles. The number of hydrogen-bond acceptors (Lipinski definition) is 5. The van der Waals surface area contributed by atoms with Gasteiger partial charge < -0.3 is 15.0 Å². The predicted molar refractivity (Wildman–Crippen MR) is 91.5 cm³/mol. The monoisotopic (exact) mass is 355 g/mol. The minimum atomic E-state index is -3.87. The number of benzene rings is 1. The summed E-state index contributed by atoms with van der Waals surface area (Å²) in [5, 5.41) is 8.31. The van der Waals surface area contributed by atoms with Gasteiger partial charge in [-0.05, 0) is 57.0 Å². The molecule has 1 aromatic rings. The van der Waals surface area contributed by atoms with Crippen molar-refractivity contribution in [1.82, 2.24) is 10.2 Å². The van der Waals surface area contributed by atoms with Crippen LogP contribution in [0.1, 0.15) is 29.6 Å². The number of carbonyl (C=O) groups is 1. The highest BCUT2D eigenvalue weighted by Crippen LogP contribution is 2.26. The van der Waals surface area contributed by atoms with Crippen molar-refractivity contribution in [1.29, 1.82) is 0 Å². The standard InChI is InChI=1S/C16H25N3O4S/c1-18-8-5-12-6-9-19(10-7-12)16(20)14-11-13(24(17,21)22)3-4-15(14)23-2/h3-4,11-12,18H,5-10H2,1-2H3,(H2,17,21,22). The number of rotatable bonds is 6. The molecule has 0 aliphatic carbocycles. The number of amides is 1. The van der Waals surface area contributed by atoms with E-state index in [0.717, 1.165) is 25.8 Å². The van der Waals surface area contributed by atoms with Gasteiger partial charge in [0.25, 0.3) is 5.91 Å². The molecule has 1 aliphatic rings. The fourth-order valence-corrected chi connectivity index (χ4v) is 3.51. The Kier molecular flexibility index (Phi) is 6.20. The van der Waals surface area contributed by atoms with Gasteiger partial charge in [-0.3, -0.25) is 4.79 Å². The maximum Gasteiger partial charge on any atom is 0.257 e. The average Bonchev–Trinajstić information content (AvgIpc) is 2.58. The summed E-state index contributed by atoms with van der Waals surface area (Å²) in [4.78, 5) is 14.4. The Morgan fingerprint density at radius 1 is 1.38 bits per heavy atom. The Labute approximate surface area is 143 Å². The summed E-state index contributed by atoms with van der Waals surface area (Å²) in [6.45, 7) is 2.30. The lowest BCUT2D eigenvalue weighted by molar-refractivity contribution is 0.0683. The van der Waals surface area contributed by atoms with Crippen LogP contribution in [-0.4, -0.2) is 53.0 Å². The van der Waals surface area contributed by atoms with Crippen molar-refractivity contribution < 1.29 is 17.9 Å². The molecule has 1 amide bonds. The minimum absolute atomic E-state index is 0.0874. The number of primary sulfonamides is 1. The second-order valence-corrected chi connectivity index (χ2v) is 7.60. The minimum Gasteiger partial charge on any atom is -0.496 e. The number of likely N-dealkylation sites (tertiary alicyclic amines) is 1. The second-order valence-electron chi connectivity index (χ2n) is 6.03. The summed E-state index contributed by atoms with van der Waals surface area (Å²) >= 11 is 0. The van der Waals surface area contributed by atoms with Crippen LogP contribution in [0.15, 0.2) is 23.1 Å². The van der Waals surface area contributed by atoms with E-state index in [0.29, 0.717) is 24.8 Å². The molecule has 2 rings (SSSR count). The lowest BCUT2D eigenvalue weighted by atomic mass is 9.93. The van der Waals surface area contributed by atoms with Crippen molar-refractivity contribution >= 4 is 15.9 Å². The van der Waals surface area contributed by atoms with Crippen LogP contribution in [0.4, 0.5) is 0 Å². The van der Waals surface area contributed by atoms with E-state index >= 15 is 0 Å². The third kappa shape index (κ3) is 4.46. The Balaban J connectivity index is 2.15. The number of nitrogens with one attached hydrogen (secondary N) is 1. The van der Waals surface area contributed by atoms with Gasteiger partial charge in [-0.1, -0.05) is 0 Å². The third-order valence-electron chi connectivity index (χ3n) is 4.43. The third-order valence-corrected chi connectivity index (χ3v) is 5.35. The van der Waals surface area contributed by atoms with E-state index in [4.69, 9.17) is 9.88 Å². The van der Waals surface area contributed by atoms with E-state index in [1.807, 2.05) is 7.05 Å². The molecule has 1 fully saturated rings. The van der Waals surface area contributed by atoms with Gasteiger partial charge in [0.05, 0.1) is 17.6 Å². The molecule has 0 saturated carbocycles. The number of methoxy groups -OCH3 is 1. The van der Waals surface area contributed by atoms with Crippen LogP contribution >= 0.6 is 0 Å². The fourth-order valence-electron chi connectivity index (χ4n) is 2.97. The van der Waals surface area contributed by atoms with Crippen LogP contribution in [0, 0.1) is 5.92 Å². The lowest BCUT2D eigenvalue weighted by Gasteiger charge is -2.32. The van der Waals surface area contributed by atoms with E-state index in [-0.39, 0.29) is 16.4 Å². The summed E-state index contributed by atoms with van der Waals surface area (Å²) in [5.74, 6) is 0.744. The van der Waals surface area contributed by atoms with Gasteiger partial charge in [-0.15, -0.1) is 0 Å². The highest BCUT2D eigenvalue weighted by Gasteiger charge is 2.26. The van der Waals surface area contributed by atoms with Gasteiger partial charge in [0.2, 0.25) is 10.0 Å². The molecular weight excluding hydrogens is 330 g/mol. The Morgan fingerprint density at radius 2 is 2.04 bits per heavy atom. The first kappa shape index (κ1) is 18.7. The topological polar surface area (TPSA) is 102 Å². The zero-order valence-electron chi connectivity index (χ0n) is 14.1. The lowest BCUT2D eigenvalue weighted by Crippen LogP contribution is -2.39. The first-order valence-electron chi connectivity index (χ1n) is 8.01. The average molecular weight is 355 g/mol. The van der Waals surface area contributed by atoms with Gasteiger partial charge in [-0.2, -0.15) is 0 Å². The molecule has 0 atom stereocenters. The molecule has 0 bridgehead atoms. The first-order chi connectivity index (χ1) is 11.4. The Morgan fingerprint density at radius 3 is 2.58 bits per heavy atom. The van der Waals surface area contributed by atoms with Gasteiger partial charge >= 0.3 is 0 Å². The molecule has 0 aromatic heterocycles. The van der Waals surface area contributed by atoms with Gasteiger partial charge in [0, 0.05) is 13.1 Å². The molecule has 3 N–H and O–H groups in total. The number of nitrogens with zero attached hydrogens (tertiary/aromatic N) is 1. The molecule has 0 unspecified atom stereocenters. The maximum absolute atomic E-state index is 12.8. The number of carbonyl (C=O) groups excluding carboxylic acids is 1. The maximum atomic E-state index is 12.8. The predicted octanol–water partition coefficient (Wildman–Crippen LogP) is 0.804. The Hall–Kier alpha value is -1.64. The van der Waals surface area contributed by atoms with E-state index in [1.54, 1.807) is 4.90 Å². The summed E-state index contributed by atoms with van der Waals surface area (Å²) in [6, 6.07) is 4.10. The summed E-state index contributed by atoms with van der Waals surface area (Å²) in [5.41, 5.74) is 0.234. The fraction of sp³-hybridized carbons (Fsp3) is 0.562. The number of sulfonamides is 1. The van der Waals surface area contributed by atoms with Crippen molar-refractivity contribution in [3.05, 3.63) is 23.8 Å². The van der Waals surface area contributed by atoms with Gasteiger partial charge in [0.15, 0.2) is 0 Å². The summed E-state index contributed by atoms with van der Waals surface area (Å²) in [7, 11) is -0.482. The van der Waals surface area contributed by atoms with Crippen molar-refractivity contribution in [3.63, 3.8) is 0 Å². The van der Waals surface area contributed by atoms with E-state index in [2.05, 4.69) is 5.32 Å². The number of piperidine rings is 1. The van der Waals surface area contributed by atoms with Crippen LogP contribution < -0.4 is 15.2 Å².